The summed E-state index contributed by atoms with van der Waals surface area (Å²) >= 11 is 0. The number of hydrogen-bond donors (Lipinski definition) is 4. The standard InChI is InChI=1S/C37H61N5O7S/c1-34(2,3)29(40-33(47)41-37(18-10-9-11-19-37)21-50(48,49)35(4,5)6)32(46)42-20-24-26(36(24,7)8)27(42)30(44)39-25(17-14-22-12-13-22)28(43)31(45)38-23-15-16-23/h22-27,29H,9-21H2,1-8H3,(H,38,45)(H,39,44)(H2,40,41,47)/t24-,25?,26-,27-,29+/m0/s1. The molecule has 1 unspecified atom stereocenters. The molecule has 5 atom stereocenters. The van der Waals surface area contributed by atoms with Gasteiger partial charge in [0.2, 0.25) is 17.6 Å². The fourth-order valence-electron chi connectivity index (χ4n) is 8.13. The van der Waals surface area contributed by atoms with Crippen LogP contribution < -0.4 is 21.3 Å². The van der Waals surface area contributed by atoms with Crippen LogP contribution in [0.15, 0.2) is 0 Å². The molecule has 0 aromatic rings. The van der Waals surface area contributed by atoms with Crippen molar-refractivity contribution in [1.29, 1.82) is 0 Å². The van der Waals surface area contributed by atoms with Crippen LogP contribution in [0.5, 0.6) is 0 Å². The smallest absolute Gasteiger partial charge is 0.315 e. The van der Waals surface area contributed by atoms with E-state index in [-0.39, 0.29) is 29.0 Å². The number of urea groups is 1. The minimum Gasteiger partial charge on any atom is -0.347 e. The summed E-state index contributed by atoms with van der Waals surface area (Å²) in [5, 5.41) is 11.6. The number of carbonyl (C=O) groups excluding carboxylic acids is 5. The third-order valence-corrected chi connectivity index (χ3v) is 14.9. The summed E-state index contributed by atoms with van der Waals surface area (Å²) in [6.07, 6.45) is 8.52. The van der Waals surface area contributed by atoms with E-state index >= 15 is 0 Å². The lowest BCUT2D eigenvalue weighted by atomic mass is 9.83. The number of nitrogens with one attached hydrogen (secondary N) is 4. The molecule has 13 heteroatoms. The molecule has 4 N–H and O–H groups in total. The Hall–Kier alpha value is -2.70. The number of sulfone groups is 1. The molecular weight excluding hydrogens is 659 g/mol. The molecule has 4 saturated carbocycles. The number of carbonyl (C=O) groups is 5. The summed E-state index contributed by atoms with van der Waals surface area (Å²) in [4.78, 5) is 70.1. The van der Waals surface area contributed by atoms with Crippen LogP contribution in [0.4, 0.5) is 4.79 Å². The average molecular weight is 720 g/mol. The molecule has 5 aliphatic rings. The first-order valence-corrected chi connectivity index (χ1v) is 20.5. The first-order chi connectivity index (χ1) is 23.1. The fourth-order valence-corrected chi connectivity index (χ4v) is 9.65. The van der Waals surface area contributed by atoms with Gasteiger partial charge in [0.05, 0.1) is 22.1 Å². The summed E-state index contributed by atoms with van der Waals surface area (Å²) in [7, 11) is -3.56. The minimum absolute atomic E-state index is 0.0112. The van der Waals surface area contributed by atoms with Crippen molar-refractivity contribution in [3.8, 4) is 0 Å². The average Bonchev–Trinajstić information content (AvgIpc) is 3.95. The molecular formula is C37H61N5O7S. The van der Waals surface area contributed by atoms with E-state index in [9.17, 15) is 32.4 Å². The Bertz CT molecular complexity index is 1470. The third kappa shape index (κ3) is 8.49. The predicted molar refractivity (Wildman–Crippen MR) is 191 cm³/mol. The monoisotopic (exact) mass is 719 g/mol. The van der Waals surface area contributed by atoms with Crippen LogP contribution in [0.25, 0.3) is 0 Å². The van der Waals surface area contributed by atoms with Crippen LogP contribution in [0.1, 0.15) is 126 Å². The Kier molecular flexibility index (Phi) is 10.6. The number of likely N-dealkylation sites (tertiary alicyclic amines) is 1. The molecule has 1 saturated heterocycles. The Morgan fingerprint density at radius 1 is 0.880 bits per heavy atom. The molecule has 5 rings (SSSR count). The highest BCUT2D eigenvalue weighted by atomic mass is 32.2. The van der Waals surface area contributed by atoms with Crippen LogP contribution >= 0.6 is 0 Å². The topological polar surface area (TPSA) is 171 Å². The molecule has 5 amide bonds. The number of Topliss-reactive ketones (excluding diaryl/α,β-unsaturated/α-hetero) is 1. The molecule has 0 spiro atoms. The van der Waals surface area contributed by atoms with Crippen LogP contribution in [-0.4, -0.2) is 89.6 Å². The maximum absolute atomic E-state index is 14.5. The van der Waals surface area contributed by atoms with Crippen molar-refractivity contribution in [2.75, 3.05) is 12.3 Å². The zero-order valence-corrected chi connectivity index (χ0v) is 32.3. The molecule has 1 aliphatic heterocycles. The highest BCUT2D eigenvalue weighted by Crippen LogP contribution is 2.65. The van der Waals surface area contributed by atoms with Crippen molar-refractivity contribution >= 4 is 39.4 Å². The zero-order chi connectivity index (χ0) is 37.0. The number of piperidine rings is 1. The largest absolute Gasteiger partial charge is 0.347 e. The van der Waals surface area contributed by atoms with Gasteiger partial charge in [-0.2, -0.15) is 0 Å². The van der Waals surface area contributed by atoms with Crippen LogP contribution in [0.3, 0.4) is 0 Å². The SMILES string of the molecule is CC(C)(C)[C@H](NC(=O)NC1(CS(=O)(=O)C(C)(C)C)CCCCC1)C(=O)N1C[C@H]2[C@@H]([C@H]1C(=O)NC(CCC1CC1)C(=O)C(=O)NC1CC1)C2(C)C. The van der Waals surface area contributed by atoms with E-state index in [2.05, 4.69) is 35.1 Å². The van der Waals surface area contributed by atoms with Gasteiger partial charge in [0.1, 0.15) is 12.1 Å². The van der Waals surface area contributed by atoms with E-state index in [0.717, 1.165) is 51.4 Å². The lowest BCUT2D eigenvalue weighted by molar-refractivity contribution is -0.145. The van der Waals surface area contributed by atoms with E-state index in [1.165, 1.54) is 0 Å². The summed E-state index contributed by atoms with van der Waals surface area (Å²) in [6, 6.07) is -3.45. The second-order valence-electron chi connectivity index (χ2n) is 18.7. The van der Waals surface area contributed by atoms with Gasteiger partial charge in [-0.15, -0.1) is 0 Å². The minimum atomic E-state index is -3.56. The Labute approximate surface area is 298 Å². The highest BCUT2D eigenvalue weighted by Gasteiger charge is 2.70. The second kappa shape index (κ2) is 13.7. The first kappa shape index (κ1) is 38.5. The van der Waals surface area contributed by atoms with Gasteiger partial charge < -0.3 is 26.2 Å². The zero-order valence-electron chi connectivity index (χ0n) is 31.4. The number of amides is 5. The second-order valence-corrected chi connectivity index (χ2v) is 21.4. The molecule has 0 aromatic heterocycles. The Morgan fingerprint density at radius 3 is 2.04 bits per heavy atom. The lowest BCUT2D eigenvalue weighted by Gasteiger charge is -2.41. The van der Waals surface area contributed by atoms with Gasteiger partial charge in [-0.25, -0.2) is 13.2 Å². The third-order valence-electron chi connectivity index (χ3n) is 12.1. The van der Waals surface area contributed by atoms with E-state index in [1.54, 1.807) is 25.7 Å². The van der Waals surface area contributed by atoms with E-state index < -0.39 is 73.2 Å². The molecule has 0 bridgehead atoms. The maximum atomic E-state index is 14.5. The predicted octanol–water partition coefficient (Wildman–Crippen LogP) is 3.62. The molecule has 50 heavy (non-hydrogen) atoms. The molecule has 0 radical (unpaired) electrons. The molecule has 1 heterocycles. The summed E-state index contributed by atoms with van der Waals surface area (Å²) in [6.45, 7) is 15.0. The number of ketones is 1. The van der Waals surface area contributed by atoms with Crippen molar-refractivity contribution in [2.24, 2.45) is 28.6 Å². The molecule has 12 nitrogen and oxygen atoms in total. The molecule has 5 fully saturated rings. The van der Waals surface area contributed by atoms with Crippen molar-refractivity contribution < 1.29 is 32.4 Å². The first-order valence-electron chi connectivity index (χ1n) is 18.8. The summed E-state index contributed by atoms with van der Waals surface area (Å²) in [5.41, 5.74) is -1.89. The van der Waals surface area contributed by atoms with Gasteiger partial charge >= 0.3 is 6.03 Å². The van der Waals surface area contributed by atoms with Crippen molar-refractivity contribution in [2.45, 2.75) is 160 Å². The van der Waals surface area contributed by atoms with Crippen molar-refractivity contribution in [3.63, 3.8) is 0 Å². The maximum Gasteiger partial charge on any atom is 0.315 e. The van der Waals surface area contributed by atoms with Gasteiger partial charge in [-0.3, -0.25) is 19.2 Å². The number of nitrogens with zero attached hydrogens (tertiary/aromatic N) is 1. The Morgan fingerprint density at radius 2 is 1.50 bits per heavy atom. The van der Waals surface area contributed by atoms with Gasteiger partial charge in [-0.1, -0.05) is 66.7 Å². The van der Waals surface area contributed by atoms with Gasteiger partial charge in [0, 0.05) is 12.6 Å². The number of hydrogen-bond acceptors (Lipinski definition) is 7. The summed E-state index contributed by atoms with van der Waals surface area (Å²) in [5.74, 6) is -1.92. The highest BCUT2D eigenvalue weighted by molar-refractivity contribution is 7.92. The van der Waals surface area contributed by atoms with Crippen LogP contribution in [0.2, 0.25) is 0 Å². The normalized spacial score (nSPS) is 27.0. The van der Waals surface area contributed by atoms with E-state index in [4.69, 9.17) is 0 Å². The Balaban J connectivity index is 1.33. The fraction of sp³-hybridized carbons (Fsp3) is 0.865. The van der Waals surface area contributed by atoms with Crippen LogP contribution in [-0.2, 0) is 29.0 Å². The van der Waals surface area contributed by atoms with Crippen LogP contribution in [0, 0.1) is 28.6 Å². The number of rotatable bonds is 13. The van der Waals surface area contributed by atoms with E-state index in [0.29, 0.717) is 31.7 Å². The lowest BCUT2D eigenvalue weighted by Crippen LogP contribution is -2.64. The molecule has 4 aliphatic carbocycles. The molecule has 282 valence electrons. The van der Waals surface area contributed by atoms with Gasteiger partial charge in [0.15, 0.2) is 9.84 Å². The number of fused-ring (bicyclic) bond motifs is 1. The van der Waals surface area contributed by atoms with Gasteiger partial charge in [-0.05, 0) is 87.9 Å². The van der Waals surface area contributed by atoms with Crippen molar-refractivity contribution in [1.82, 2.24) is 26.2 Å². The van der Waals surface area contributed by atoms with Gasteiger partial charge in [0.25, 0.3) is 5.91 Å². The van der Waals surface area contributed by atoms with Crippen molar-refractivity contribution in [3.05, 3.63) is 0 Å². The summed E-state index contributed by atoms with van der Waals surface area (Å²) < 4.78 is 25.7. The van der Waals surface area contributed by atoms with E-state index in [1.807, 2.05) is 20.8 Å². The quantitative estimate of drug-likeness (QED) is 0.211. The molecule has 0 aromatic carbocycles.